The molecule has 168 valence electrons. The number of carbonyl (C=O) groups excluding carboxylic acids is 1. The summed E-state index contributed by atoms with van der Waals surface area (Å²) in [5.41, 5.74) is 1.86. The van der Waals surface area contributed by atoms with Crippen LogP contribution in [0.15, 0.2) is 47.2 Å². The summed E-state index contributed by atoms with van der Waals surface area (Å²) in [5, 5.41) is 5.36. The number of carbonyl (C=O) groups is 1. The lowest BCUT2D eigenvalue weighted by Gasteiger charge is -2.39. The van der Waals surface area contributed by atoms with Crippen LogP contribution in [-0.2, 0) is 16.8 Å². The van der Waals surface area contributed by atoms with Crippen molar-refractivity contribution in [3.05, 3.63) is 57.0 Å². The first kappa shape index (κ1) is 21.6. The zero-order valence-corrected chi connectivity index (χ0v) is 20.1. The van der Waals surface area contributed by atoms with Crippen LogP contribution in [0.25, 0.3) is 11.3 Å². The Bertz CT molecular complexity index is 1030. The van der Waals surface area contributed by atoms with Gasteiger partial charge in [0.2, 0.25) is 5.91 Å². The first-order valence-electron chi connectivity index (χ1n) is 11.3. The summed E-state index contributed by atoms with van der Waals surface area (Å²) in [4.78, 5) is 24.2. The van der Waals surface area contributed by atoms with Crippen LogP contribution in [0.1, 0.15) is 35.6 Å². The van der Waals surface area contributed by atoms with Crippen LogP contribution in [0.2, 0.25) is 0 Å². The van der Waals surface area contributed by atoms with E-state index >= 15 is 0 Å². The van der Waals surface area contributed by atoms with Crippen molar-refractivity contribution in [2.45, 2.75) is 37.6 Å². The predicted molar refractivity (Wildman–Crippen MR) is 130 cm³/mol. The molecule has 1 aromatic carbocycles. The zero-order valence-electron chi connectivity index (χ0n) is 18.5. The summed E-state index contributed by atoms with van der Waals surface area (Å²) in [7, 11) is 1.68. The molecule has 3 heterocycles. The molecule has 1 amide bonds. The third kappa shape index (κ3) is 4.21. The number of methoxy groups -OCH3 is 1. The SMILES string of the molecule is COc1ccc(-c2csc(CN3CCN(C(=O)C4(c5cccs5)CCCC4)CC3)n2)cc1. The Hall–Kier alpha value is -2.22. The largest absolute Gasteiger partial charge is 0.497 e. The van der Waals surface area contributed by atoms with Crippen LogP contribution in [-0.4, -0.2) is 54.0 Å². The van der Waals surface area contributed by atoms with E-state index in [1.54, 1.807) is 29.8 Å². The molecule has 0 spiro atoms. The lowest BCUT2D eigenvalue weighted by atomic mass is 9.82. The van der Waals surface area contributed by atoms with E-state index in [2.05, 4.69) is 44.8 Å². The van der Waals surface area contributed by atoms with Crippen LogP contribution < -0.4 is 4.74 Å². The molecular formula is C25H29N3O2S2. The van der Waals surface area contributed by atoms with Gasteiger partial charge in [0, 0.05) is 42.0 Å². The van der Waals surface area contributed by atoms with E-state index in [4.69, 9.17) is 9.72 Å². The fourth-order valence-corrected chi connectivity index (χ4v) is 6.80. The molecule has 3 aromatic rings. The second-order valence-electron chi connectivity index (χ2n) is 8.69. The molecule has 1 saturated carbocycles. The molecule has 0 radical (unpaired) electrons. The normalized spacial score (nSPS) is 18.7. The van der Waals surface area contributed by atoms with Crippen LogP contribution in [0.4, 0.5) is 0 Å². The number of nitrogens with zero attached hydrogens (tertiary/aromatic N) is 3. The topological polar surface area (TPSA) is 45.7 Å². The highest BCUT2D eigenvalue weighted by molar-refractivity contribution is 7.10. The minimum atomic E-state index is -0.265. The maximum atomic E-state index is 13.6. The average Bonchev–Trinajstić information content (AvgIpc) is 3.61. The van der Waals surface area contributed by atoms with Crippen LogP contribution >= 0.6 is 22.7 Å². The lowest BCUT2D eigenvalue weighted by molar-refractivity contribution is -0.139. The van der Waals surface area contributed by atoms with Gasteiger partial charge in [-0.2, -0.15) is 0 Å². The number of hydrogen-bond donors (Lipinski definition) is 0. The van der Waals surface area contributed by atoms with Crippen molar-refractivity contribution in [3.8, 4) is 17.0 Å². The van der Waals surface area contributed by atoms with Crippen LogP contribution in [0, 0.1) is 0 Å². The molecule has 1 aliphatic heterocycles. The highest BCUT2D eigenvalue weighted by Gasteiger charge is 2.46. The second kappa shape index (κ2) is 9.33. The van der Waals surface area contributed by atoms with Crippen LogP contribution in [0.3, 0.4) is 0 Å². The Morgan fingerprint density at radius 2 is 1.81 bits per heavy atom. The van der Waals surface area contributed by atoms with Crippen molar-refractivity contribution in [1.29, 1.82) is 0 Å². The van der Waals surface area contributed by atoms with E-state index in [1.165, 1.54) is 4.88 Å². The maximum absolute atomic E-state index is 13.6. The maximum Gasteiger partial charge on any atom is 0.234 e. The molecule has 0 unspecified atom stereocenters. The Kier molecular flexibility index (Phi) is 6.31. The van der Waals surface area contributed by atoms with Crippen molar-refractivity contribution in [3.63, 3.8) is 0 Å². The number of rotatable bonds is 6. The average molecular weight is 468 g/mol. The molecule has 5 rings (SSSR count). The highest BCUT2D eigenvalue weighted by atomic mass is 32.1. The summed E-state index contributed by atoms with van der Waals surface area (Å²) in [6.45, 7) is 4.28. The number of amides is 1. The monoisotopic (exact) mass is 467 g/mol. The zero-order chi connectivity index (χ0) is 22.0. The molecule has 32 heavy (non-hydrogen) atoms. The smallest absolute Gasteiger partial charge is 0.234 e. The van der Waals surface area contributed by atoms with Gasteiger partial charge in [0.1, 0.15) is 10.8 Å². The van der Waals surface area contributed by atoms with Gasteiger partial charge >= 0.3 is 0 Å². The van der Waals surface area contributed by atoms with E-state index in [-0.39, 0.29) is 5.41 Å². The van der Waals surface area contributed by atoms with Crippen molar-refractivity contribution in [2.24, 2.45) is 0 Å². The van der Waals surface area contributed by atoms with E-state index < -0.39 is 0 Å². The molecule has 0 N–H and O–H groups in total. The number of thiophene rings is 1. The van der Waals surface area contributed by atoms with E-state index in [9.17, 15) is 4.79 Å². The minimum absolute atomic E-state index is 0.265. The van der Waals surface area contributed by atoms with Crippen molar-refractivity contribution >= 4 is 28.6 Å². The van der Waals surface area contributed by atoms with Gasteiger partial charge in [0.15, 0.2) is 0 Å². The number of piperazine rings is 1. The van der Waals surface area contributed by atoms with Gasteiger partial charge in [-0.3, -0.25) is 9.69 Å². The van der Waals surface area contributed by atoms with Crippen molar-refractivity contribution in [2.75, 3.05) is 33.3 Å². The molecule has 5 nitrogen and oxygen atoms in total. The van der Waals surface area contributed by atoms with Gasteiger partial charge in [0.05, 0.1) is 24.8 Å². The van der Waals surface area contributed by atoms with E-state index in [0.717, 1.165) is 80.4 Å². The molecule has 0 atom stereocenters. The van der Waals surface area contributed by atoms with Gasteiger partial charge in [-0.15, -0.1) is 22.7 Å². The Morgan fingerprint density at radius 3 is 2.47 bits per heavy atom. The Morgan fingerprint density at radius 1 is 1.06 bits per heavy atom. The predicted octanol–water partition coefficient (Wildman–Crippen LogP) is 5.04. The fourth-order valence-electron chi connectivity index (χ4n) is 4.98. The summed E-state index contributed by atoms with van der Waals surface area (Å²) in [6.07, 6.45) is 4.31. The van der Waals surface area contributed by atoms with Crippen molar-refractivity contribution < 1.29 is 9.53 Å². The summed E-state index contributed by atoms with van der Waals surface area (Å²) < 4.78 is 5.24. The van der Waals surface area contributed by atoms with Crippen molar-refractivity contribution in [1.82, 2.24) is 14.8 Å². The molecule has 2 aliphatic rings. The molecule has 2 aromatic heterocycles. The summed E-state index contributed by atoms with van der Waals surface area (Å²) in [6, 6.07) is 12.3. The summed E-state index contributed by atoms with van der Waals surface area (Å²) in [5.74, 6) is 1.21. The second-order valence-corrected chi connectivity index (χ2v) is 10.6. The quantitative estimate of drug-likeness (QED) is 0.510. The van der Waals surface area contributed by atoms with E-state index in [0.29, 0.717) is 5.91 Å². The van der Waals surface area contributed by atoms with Gasteiger partial charge in [-0.1, -0.05) is 18.9 Å². The number of aromatic nitrogens is 1. The first-order valence-corrected chi connectivity index (χ1v) is 13.1. The molecule has 2 fully saturated rings. The molecule has 7 heteroatoms. The molecule has 1 aliphatic carbocycles. The standard InChI is InChI=1S/C25H29N3O2S2/c1-30-20-8-6-19(7-9-20)21-18-32-23(26-21)17-27-12-14-28(15-13-27)24(29)25(10-2-3-11-25)22-5-4-16-31-22/h4-9,16,18H,2-3,10-15,17H2,1H3. The number of benzene rings is 1. The molecular weight excluding hydrogens is 438 g/mol. The van der Waals surface area contributed by atoms with Crippen LogP contribution in [0.5, 0.6) is 5.75 Å². The minimum Gasteiger partial charge on any atom is -0.497 e. The Balaban J connectivity index is 1.19. The third-order valence-corrected chi connectivity index (χ3v) is 8.72. The third-order valence-electron chi connectivity index (χ3n) is 6.82. The molecule has 1 saturated heterocycles. The van der Waals surface area contributed by atoms with Gasteiger partial charge in [0.25, 0.3) is 0 Å². The molecule has 0 bridgehead atoms. The van der Waals surface area contributed by atoms with E-state index in [1.807, 2.05) is 12.1 Å². The number of hydrogen-bond acceptors (Lipinski definition) is 6. The van der Waals surface area contributed by atoms with Gasteiger partial charge < -0.3 is 9.64 Å². The highest BCUT2D eigenvalue weighted by Crippen LogP contribution is 2.44. The number of thiazole rings is 1. The lowest BCUT2D eigenvalue weighted by Crippen LogP contribution is -2.53. The fraction of sp³-hybridized carbons (Fsp3) is 0.440. The summed E-state index contributed by atoms with van der Waals surface area (Å²) >= 11 is 3.45. The Labute approximate surface area is 197 Å². The van der Waals surface area contributed by atoms with Gasteiger partial charge in [-0.25, -0.2) is 4.98 Å². The number of ether oxygens (including phenoxy) is 1. The first-order chi connectivity index (χ1) is 15.7. The van der Waals surface area contributed by atoms with Gasteiger partial charge in [-0.05, 0) is 48.6 Å².